The van der Waals surface area contributed by atoms with Gasteiger partial charge in [0.25, 0.3) is 5.91 Å². The van der Waals surface area contributed by atoms with E-state index in [0.717, 1.165) is 31.4 Å². The predicted molar refractivity (Wildman–Crippen MR) is 83.9 cm³/mol. The number of amides is 1. The van der Waals surface area contributed by atoms with Crippen molar-refractivity contribution in [2.24, 2.45) is 5.92 Å². The summed E-state index contributed by atoms with van der Waals surface area (Å²) in [6.45, 7) is 0.627. The molecule has 2 aromatic rings. The fourth-order valence-electron chi connectivity index (χ4n) is 3.00. The number of carbonyl (C=O) groups is 1. The molecule has 1 aliphatic carbocycles. The SMILES string of the molecule is O=C(NCC1CCCC(O)C1)c1cccc(-n2cccn2)c1. The van der Waals surface area contributed by atoms with Gasteiger partial charge in [-0.3, -0.25) is 4.79 Å². The molecule has 2 atom stereocenters. The summed E-state index contributed by atoms with van der Waals surface area (Å²) in [7, 11) is 0. The Kier molecular flexibility index (Phi) is 4.53. The minimum absolute atomic E-state index is 0.0749. The zero-order chi connectivity index (χ0) is 15.4. The maximum absolute atomic E-state index is 12.3. The van der Waals surface area contributed by atoms with Crippen LogP contribution in [0, 0.1) is 5.92 Å². The molecule has 0 spiro atoms. The summed E-state index contributed by atoms with van der Waals surface area (Å²) in [5.74, 6) is 0.302. The number of nitrogens with one attached hydrogen (secondary N) is 1. The van der Waals surface area contributed by atoms with E-state index in [1.165, 1.54) is 0 Å². The van der Waals surface area contributed by atoms with E-state index >= 15 is 0 Å². The van der Waals surface area contributed by atoms with E-state index in [4.69, 9.17) is 0 Å². The summed E-state index contributed by atoms with van der Waals surface area (Å²) in [5.41, 5.74) is 1.50. The largest absolute Gasteiger partial charge is 0.393 e. The Balaban J connectivity index is 1.61. The number of aliphatic hydroxyl groups is 1. The molecule has 5 nitrogen and oxygen atoms in total. The fourth-order valence-corrected chi connectivity index (χ4v) is 3.00. The molecule has 1 amide bonds. The molecule has 1 fully saturated rings. The van der Waals surface area contributed by atoms with Gasteiger partial charge in [0, 0.05) is 24.5 Å². The lowest BCUT2D eigenvalue weighted by Crippen LogP contribution is -2.33. The van der Waals surface area contributed by atoms with Crippen molar-refractivity contribution in [1.82, 2.24) is 15.1 Å². The van der Waals surface area contributed by atoms with Crippen LogP contribution in [-0.2, 0) is 0 Å². The van der Waals surface area contributed by atoms with E-state index in [1.54, 1.807) is 16.9 Å². The summed E-state index contributed by atoms with van der Waals surface area (Å²) in [5, 5.41) is 16.8. The number of hydrogen-bond donors (Lipinski definition) is 2. The molecule has 0 bridgehead atoms. The van der Waals surface area contributed by atoms with Crippen molar-refractivity contribution in [1.29, 1.82) is 0 Å². The Morgan fingerprint density at radius 1 is 1.36 bits per heavy atom. The van der Waals surface area contributed by atoms with Crippen molar-refractivity contribution in [3.8, 4) is 5.69 Å². The summed E-state index contributed by atoms with van der Waals surface area (Å²) in [4.78, 5) is 12.3. The van der Waals surface area contributed by atoms with Gasteiger partial charge in [-0.15, -0.1) is 0 Å². The normalized spacial score (nSPS) is 21.5. The van der Waals surface area contributed by atoms with Gasteiger partial charge in [-0.05, 0) is 49.4 Å². The number of carbonyl (C=O) groups excluding carboxylic acids is 1. The van der Waals surface area contributed by atoms with E-state index in [0.29, 0.717) is 18.0 Å². The van der Waals surface area contributed by atoms with Crippen molar-refractivity contribution in [2.75, 3.05) is 6.54 Å². The van der Waals surface area contributed by atoms with Crippen LogP contribution in [0.5, 0.6) is 0 Å². The standard InChI is InChI=1S/C17H21N3O2/c21-16-7-1-4-13(10-16)12-18-17(22)14-5-2-6-15(11-14)20-9-3-8-19-20/h2-3,5-6,8-9,11,13,16,21H,1,4,7,10,12H2,(H,18,22). The topological polar surface area (TPSA) is 67.2 Å². The van der Waals surface area contributed by atoms with Gasteiger partial charge < -0.3 is 10.4 Å². The van der Waals surface area contributed by atoms with Gasteiger partial charge in [0.15, 0.2) is 0 Å². The van der Waals surface area contributed by atoms with Crippen LogP contribution >= 0.6 is 0 Å². The van der Waals surface area contributed by atoms with Crippen molar-refractivity contribution >= 4 is 5.91 Å². The summed E-state index contributed by atoms with van der Waals surface area (Å²) in [6, 6.07) is 9.26. The van der Waals surface area contributed by atoms with Gasteiger partial charge in [-0.1, -0.05) is 12.5 Å². The first-order valence-electron chi connectivity index (χ1n) is 7.79. The fraction of sp³-hybridized carbons (Fsp3) is 0.412. The third kappa shape index (κ3) is 3.54. The van der Waals surface area contributed by atoms with Gasteiger partial charge in [0.2, 0.25) is 0 Å². The Morgan fingerprint density at radius 2 is 2.27 bits per heavy atom. The number of benzene rings is 1. The molecular weight excluding hydrogens is 278 g/mol. The Morgan fingerprint density at radius 3 is 3.05 bits per heavy atom. The molecule has 0 saturated heterocycles. The van der Waals surface area contributed by atoms with E-state index < -0.39 is 0 Å². The Bertz CT molecular complexity index is 625. The lowest BCUT2D eigenvalue weighted by Gasteiger charge is -2.25. The highest BCUT2D eigenvalue weighted by molar-refractivity contribution is 5.94. The van der Waals surface area contributed by atoms with Crippen LogP contribution < -0.4 is 5.32 Å². The van der Waals surface area contributed by atoms with Crippen LogP contribution in [0.25, 0.3) is 5.69 Å². The minimum Gasteiger partial charge on any atom is -0.393 e. The quantitative estimate of drug-likeness (QED) is 0.909. The van der Waals surface area contributed by atoms with Crippen LogP contribution in [0.3, 0.4) is 0 Å². The molecule has 22 heavy (non-hydrogen) atoms. The van der Waals surface area contributed by atoms with Crippen molar-refractivity contribution < 1.29 is 9.90 Å². The molecule has 0 radical (unpaired) electrons. The molecule has 1 saturated carbocycles. The zero-order valence-electron chi connectivity index (χ0n) is 12.5. The smallest absolute Gasteiger partial charge is 0.251 e. The average Bonchev–Trinajstić information content (AvgIpc) is 3.07. The van der Waals surface area contributed by atoms with Crippen LogP contribution in [0.1, 0.15) is 36.0 Å². The van der Waals surface area contributed by atoms with Gasteiger partial charge in [-0.2, -0.15) is 5.10 Å². The Hall–Kier alpha value is -2.14. The second-order valence-electron chi connectivity index (χ2n) is 5.90. The summed E-state index contributed by atoms with van der Waals surface area (Å²) in [6.07, 6.45) is 7.13. The van der Waals surface area contributed by atoms with Gasteiger partial charge in [-0.25, -0.2) is 4.68 Å². The van der Waals surface area contributed by atoms with E-state index in [9.17, 15) is 9.90 Å². The Labute approximate surface area is 130 Å². The molecule has 2 unspecified atom stereocenters. The van der Waals surface area contributed by atoms with Crippen LogP contribution in [0.2, 0.25) is 0 Å². The van der Waals surface area contributed by atoms with Gasteiger partial charge in [0.1, 0.15) is 0 Å². The third-order valence-corrected chi connectivity index (χ3v) is 4.18. The maximum atomic E-state index is 12.3. The average molecular weight is 299 g/mol. The van der Waals surface area contributed by atoms with Crippen molar-refractivity contribution in [2.45, 2.75) is 31.8 Å². The molecule has 116 valence electrons. The highest BCUT2D eigenvalue weighted by Crippen LogP contribution is 2.23. The van der Waals surface area contributed by atoms with Crippen LogP contribution in [0.4, 0.5) is 0 Å². The first-order valence-corrected chi connectivity index (χ1v) is 7.79. The molecule has 1 aromatic carbocycles. The van der Waals surface area contributed by atoms with E-state index in [2.05, 4.69) is 10.4 Å². The first-order chi connectivity index (χ1) is 10.7. The molecule has 1 aromatic heterocycles. The molecule has 2 N–H and O–H groups in total. The number of aliphatic hydroxyl groups excluding tert-OH is 1. The summed E-state index contributed by atoms with van der Waals surface area (Å²) < 4.78 is 1.73. The highest BCUT2D eigenvalue weighted by Gasteiger charge is 2.20. The van der Waals surface area contributed by atoms with Crippen molar-refractivity contribution in [3.05, 3.63) is 48.3 Å². The van der Waals surface area contributed by atoms with Gasteiger partial charge >= 0.3 is 0 Å². The van der Waals surface area contributed by atoms with Crippen molar-refractivity contribution in [3.63, 3.8) is 0 Å². The highest BCUT2D eigenvalue weighted by atomic mass is 16.3. The predicted octanol–water partition coefficient (Wildman–Crippen LogP) is 2.15. The van der Waals surface area contributed by atoms with E-state index in [-0.39, 0.29) is 12.0 Å². The monoisotopic (exact) mass is 299 g/mol. The lowest BCUT2D eigenvalue weighted by atomic mass is 9.87. The second kappa shape index (κ2) is 6.75. The second-order valence-corrected chi connectivity index (χ2v) is 5.90. The molecule has 3 rings (SSSR count). The third-order valence-electron chi connectivity index (χ3n) is 4.18. The summed E-state index contributed by atoms with van der Waals surface area (Å²) >= 11 is 0. The molecule has 1 heterocycles. The lowest BCUT2D eigenvalue weighted by molar-refractivity contribution is 0.0874. The zero-order valence-corrected chi connectivity index (χ0v) is 12.5. The molecular formula is C17H21N3O2. The number of nitrogens with zero attached hydrogens (tertiary/aromatic N) is 2. The number of hydrogen-bond acceptors (Lipinski definition) is 3. The van der Waals surface area contributed by atoms with Crippen LogP contribution in [-0.4, -0.2) is 33.4 Å². The first kappa shape index (κ1) is 14.8. The van der Waals surface area contributed by atoms with Crippen LogP contribution in [0.15, 0.2) is 42.7 Å². The minimum atomic E-state index is -0.209. The molecule has 1 aliphatic rings. The maximum Gasteiger partial charge on any atom is 0.251 e. The molecule has 0 aliphatic heterocycles. The van der Waals surface area contributed by atoms with E-state index in [1.807, 2.05) is 30.5 Å². The van der Waals surface area contributed by atoms with Gasteiger partial charge in [0.05, 0.1) is 11.8 Å². The number of aromatic nitrogens is 2. The molecule has 5 heteroatoms. The number of rotatable bonds is 4.